The first-order valence-corrected chi connectivity index (χ1v) is 4.73. The summed E-state index contributed by atoms with van der Waals surface area (Å²) in [5.41, 5.74) is 8.25. The number of nitrogens with zero attached hydrogens (tertiary/aromatic N) is 3. The number of rotatable bonds is 3. The average Bonchev–Trinajstić information content (AvgIpc) is 2.67. The van der Waals surface area contributed by atoms with E-state index < -0.39 is 0 Å². The van der Waals surface area contributed by atoms with Crippen LogP contribution in [0.25, 0.3) is 11.3 Å². The van der Waals surface area contributed by atoms with Crippen LogP contribution in [-0.4, -0.2) is 21.7 Å². The Hall–Kier alpha value is -1.75. The van der Waals surface area contributed by atoms with Gasteiger partial charge in [-0.15, -0.1) is 0 Å². The zero-order valence-electron chi connectivity index (χ0n) is 8.47. The van der Waals surface area contributed by atoms with E-state index in [4.69, 9.17) is 10.3 Å². The van der Waals surface area contributed by atoms with Crippen molar-refractivity contribution in [2.24, 2.45) is 5.73 Å². The minimum absolute atomic E-state index is 0.570. The highest BCUT2D eigenvalue weighted by Crippen LogP contribution is 2.24. The molecule has 0 bridgehead atoms. The molecular formula is C10H12N4O. The van der Waals surface area contributed by atoms with E-state index in [1.165, 1.54) is 6.33 Å². The fourth-order valence-electron chi connectivity index (χ4n) is 1.43. The number of hydrogen-bond acceptors (Lipinski definition) is 5. The second-order valence-corrected chi connectivity index (χ2v) is 3.24. The van der Waals surface area contributed by atoms with Crippen molar-refractivity contribution in [1.82, 2.24) is 15.1 Å². The summed E-state index contributed by atoms with van der Waals surface area (Å²) in [4.78, 5) is 8.08. The molecule has 0 saturated heterocycles. The molecule has 5 nitrogen and oxygen atoms in total. The molecule has 0 aliphatic carbocycles. The van der Waals surface area contributed by atoms with Gasteiger partial charge >= 0.3 is 0 Å². The number of hydrogen-bond donors (Lipinski definition) is 1. The molecule has 0 atom stereocenters. The smallest absolute Gasteiger partial charge is 0.173 e. The molecule has 2 aromatic heterocycles. The number of aryl methyl sites for hydroxylation is 1. The molecule has 5 heteroatoms. The molecule has 0 aliphatic heterocycles. The summed E-state index contributed by atoms with van der Waals surface area (Å²) >= 11 is 0. The molecule has 0 fully saturated rings. The van der Waals surface area contributed by atoms with Crippen molar-refractivity contribution in [2.75, 3.05) is 6.54 Å². The summed E-state index contributed by atoms with van der Waals surface area (Å²) in [5.74, 6) is 0.721. The number of nitrogens with two attached hydrogens (primary N) is 1. The monoisotopic (exact) mass is 204 g/mol. The van der Waals surface area contributed by atoms with E-state index in [0.717, 1.165) is 29.0 Å². The Morgan fingerprint density at radius 2 is 2.27 bits per heavy atom. The van der Waals surface area contributed by atoms with Gasteiger partial charge in [0.05, 0.1) is 17.5 Å². The standard InChI is InChI=1S/C10H12N4O/c1-7-9(5-12-6-13-7)10-8(2-3-11)4-14-15-10/h4-6H,2-3,11H2,1H3. The van der Waals surface area contributed by atoms with Crippen LogP contribution in [0.15, 0.2) is 23.2 Å². The maximum atomic E-state index is 5.50. The van der Waals surface area contributed by atoms with Gasteiger partial charge in [0.1, 0.15) is 6.33 Å². The molecule has 2 aromatic rings. The first-order valence-electron chi connectivity index (χ1n) is 4.73. The first kappa shape index (κ1) is 9.79. The van der Waals surface area contributed by atoms with Crippen molar-refractivity contribution in [3.05, 3.63) is 30.0 Å². The lowest BCUT2D eigenvalue weighted by Crippen LogP contribution is -2.03. The molecule has 0 unspecified atom stereocenters. The van der Waals surface area contributed by atoms with Gasteiger partial charge in [0.15, 0.2) is 5.76 Å². The topological polar surface area (TPSA) is 77.8 Å². The van der Waals surface area contributed by atoms with E-state index in [-0.39, 0.29) is 0 Å². The summed E-state index contributed by atoms with van der Waals surface area (Å²) in [6, 6.07) is 0. The Morgan fingerprint density at radius 1 is 1.40 bits per heavy atom. The van der Waals surface area contributed by atoms with Crippen LogP contribution < -0.4 is 5.73 Å². The van der Waals surface area contributed by atoms with Crippen molar-refractivity contribution in [3.8, 4) is 11.3 Å². The van der Waals surface area contributed by atoms with Crippen LogP contribution in [0.2, 0.25) is 0 Å². The lowest BCUT2D eigenvalue weighted by atomic mass is 10.1. The minimum Gasteiger partial charge on any atom is -0.356 e. The van der Waals surface area contributed by atoms with Crippen LogP contribution in [0.1, 0.15) is 11.3 Å². The van der Waals surface area contributed by atoms with E-state index in [0.29, 0.717) is 6.54 Å². The van der Waals surface area contributed by atoms with Gasteiger partial charge in [0, 0.05) is 11.8 Å². The molecule has 78 valence electrons. The fourth-order valence-corrected chi connectivity index (χ4v) is 1.43. The van der Waals surface area contributed by atoms with Gasteiger partial charge in [-0.1, -0.05) is 5.16 Å². The lowest BCUT2D eigenvalue weighted by Gasteiger charge is -2.01. The van der Waals surface area contributed by atoms with E-state index in [9.17, 15) is 0 Å². The third kappa shape index (κ3) is 1.87. The highest BCUT2D eigenvalue weighted by molar-refractivity contribution is 5.61. The van der Waals surface area contributed by atoms with Crippen LogP contribution in [0, 0.1) is 6.92 Å². The van der Waals surface area contributed by atoms with Crippen LogP contribution in [0.3, 0.4) is 0 Å². The van der Waals surface area contributed by atoms with E-state index >= 15 is 0 Å². The van der Waals surface area contributed by atoms with Crippen molar-refractivity contribution in [1.29, 1.82) is 0 Å². The molecule has 0 saturated carbocycles. The summed E-state index contributed by atoms with van der Waals surface area (Å²) < 4.78 is 5.20. The molecule has 15 heavy (non-hydrogen) atoms. The molecule has 0 spiro atoms. The zero-order chi connectivity index (χ0) is 10.7. The summed E-state index contributed by atoms with van der Waals surface area (Å²) in [7, 11) is 0. The normalized spacial score (nSPS) is 10.5. The van der Waals surface area contributed by atoms with Crippen LogP contribution in [-0.2, 0) is 6.42 Å². The molecule has 2 N–H and O–H groups in total. The average molecular weight is 204 g/mol. The van der Waals surface area contributed by atoms with Gasteiger partial charge in [0.2, 0.25) is 0 Å². The second-order valence-electron chi connectivity index (χ2n) is 3.24. The molecule has 0 aromatic carbocycles. The van der Waals surface area contributed by atoms with Crippen molar-refractivity contribution < 1.29 is 4.52 Å². The van der Waals surface area contributed by atoms with Crippen molar-refractivity contribution in [3.63, 3.8) is 0 Å². The number of aromatic nitrogens is 3. The molecule has 2 rings (SSSR count). The molecule has 0 aliphatic rings. The predicted octanol–water partition coefficient (Wildman–Crippen LogP) is 0.941. The molecule has 0 radical (unpaired) electrons. The van der Waals surface area contributed by atoms with Crippen LogP contribution in [0.5, 0.6) is 0 Å². The van der Waals surface area contributed by atoms with Gasteiger partial charge in [0.25, 0.3) is 0 Å². The van der Waals surface area contributed by atoms with E-state index in [2.05, 4.69) is 15.1 Å². The van der Waals surface area contributed by atoms with Gasteiger partial charge in [-0.3, -0.25) is 0 Å². The lowest BCUT2D eigenvalue weighted by molar-refractivity contribution is 0.431. The van der Waals surface area contributed by atoms with Crippen LogP contribution >= 0.6 is 0 Å². The Balaban J connectivity index is 2.45. The third-order valence-electron chi connectivity index (χ3n) is 2.21. The Morgan fingerprint density at radius 3 is 3.00 bits per heavy atom. The summed E-state index contributed by atoms with van der Waals surface area (Å²) in [6.45, 7) is 2.48. The Bertz CT molecular complexity index is 452. The van der Waals surface area contributed by atoms with Crippen molar-refractivity contribution in [2.45, 2.75) is 13.3 Å². The van der Waals surface area contributed by atoms with Gasteiger partial charge < -0.3 is 10.3 Å². The van der Waals surface area contributed by atoms with Crippen molar-refractivity contribution >= 4 is 0 Å². The van der Waals surface area contributed by atoms with Crippen LogP contribution in [0.4, 0.5) is 0 Å². The molecule has 2 heterocycles. The highest BCUT2D eigenvalue weighted by atomic mass is 16.5. The Kier molecular flexibility index (Phi) is 2.73. The molecule has 0 amide bonds. The minimum atomic E-state index is 0.570. The predicted molar refractivity (Wildman–Crippen MR) is 55.0 cm³/mol. The summed E-state index contributed by atoms with van der Waals surface area (Å²) in [6.07, 6.45) is 5.67. The quantitative estimate of drug-likeness (QED) is 0.805. The van der Waals surface area contributed by atoms with E-state index in [1.54, 1.807) is 12.4 Å². The first-order chi connectivity index (χ1) is 7.33. The summed E-state index contributed by atoms with van der Waals surface area (Å²) in [5, 5.41) is 3.77. The maximum absolute atomic E-state index is 5.50. The van der Waals surface area contributed by atoms with Gasteiger partial charge in [-0.2, -0.15) is 0 Å². The Labute approximate surface area is 87.3 Å². The van der Waals surface area contributed by atoms with Gasteiger partial charge in [-0.05, 0) is 19.9 Å². The third-order valence-corrected chi connectivity index (χ3v) is 2.21. The fraction of sp³-hybridized carbons (Fsp3) is 0.300. The second kappa shape index (κ2) is 4.18. The highest BCUT2D eigenvalue weighted by Gasteiger charge is 2.12. The largest absolute Gasteiger partial charge is 0.356 e. The van der Waals surface area contributed by atoms with Gasteiger partial charge in [-0.25, -0.2) is 9.97 Å². The SMILES string of the molecule is Cc1ncncc1-c1oncc1CCN. The zero-order valence-corrected chi connectivity index (χ0v) is 8.47. The molecular weight excluding hydrogens is 192 g/mol. The maximum Gasteiger partial charge on any atom is 0.173 e. The van der Waals surface area contributed by atoms with E-state index in [1.807, 2.05) is 6.92 Å².